The number of likely N-dealkylation sites (N-methyl/N-ethyl adjacent to an activating group) is 1. The second kappa shape index (κ2) is 9.50. The van der Waals surface area contributed by atoms with Gasteiger partial charge in [0, 0.05) is 6.61 Å². The average molecular weight is 294 g/mol. The quantitative estimate of drug-likeness (QED) is 0.605. The van der Waals surface area contributed by atoms with Crippen LogP contribution in [0.15, 0.2) is 30.3 Å². The predicted octanol–water partition coefficient (Wildman–Crippen LogP) is 1.42. The molecule has 0 aliphatic heterocycles. The minimum absolute atomic E-state index is 0.181. The van der Waals surface area contributed by atoms with Crippen molar-refractivity contribution in [2.24, 2.45) is 5.73 Å². The van der Waals surface area contributed by atoms with Crippen molar-refractivity contribution in [3.63, 3.8) is 0 Å². The van der Waals surface area contributed by atoms with E-state index in [4.69, 9.17) is 15.2 Å². The van der Waals surface area contributed by atoms with Crippen LogP contribution in [0.5, 0.6) is 0 Å². The van der Waals surface area contributed by atoms with Gasteiger partial charge in [-0.2, -0.15) is 0 Å². The number of hydrogen-bond donors (Lipinski definition) is 2. The van der Waals surface area contributed by atoms with E-state index >= 15 is 0 Å². The zero-order chi connectivity index (χ0) is 15.6. The number of unbranched alkanes of at least 4 members (excludes halogenated alkanes) is 1. The Morgan fingerprint density at radius 2 is 1.86 bits per heavy atom. The molecular formula is C16H26N2O3. The number of nitrogens with one attached hydrogen (secondary N) is 1. The van der Waals surface area contributed by atoms with E-state index in [2.05, 4.69) is 12.2 Å². The zero-order valence-corrected chi connectivity index (χ0v) is 12.9. The van der Waals surface area contributed by atoms with Gasteiger partial charge >= 0.3 is 0 Å². The molecule has 0 aromatic heterocycles. The van der Waals surface area contributed by atoms with Gasteiger partial charge in [-0.1, -0.05) is 43.7 Å². The Morgan fingerprint density at radius 3 is 2.43 bits per heavy atom. The van der Waals surface area contributed by atoms with Gasteiger partial charge in [0.2, 0.25) is 5.91 Å². The molecule has 0 heterocycles. The molecule has 1 aromatic carbocycles. The van der Waals surface area contributed by atoms with E-state index in [1.165, 1.54) is 0 Å². The van der Waals surface area contributed by atoms with Gasteiger partial charge in [-0.15, -0.1) is 0 Å². The van der Waals surface area contributed by atoms with Gasteiger partial charge < -0.3 is 20.5 Å². The van der Waals surface area contributed by atoms with Crippen LogP contribution in [0.2, 0.25) is 0 Å². The summed E-state index contributed by atoms with van der Waals surface area (Å²) in [7, 11) is 1.71. The lowest BCUT2D eigenvalue weighted by Gasteiger charge is -2.30. The van der Waals surface area contributed by atoms with E-state index in [1.807, 2.05) is 30.3 Å². The average Bonchev–Trinajstić information content (AvgIpc) is 2.51. The van der Waals surface area contributed by atoms with Crippen LogP contribution in [0.4, 0.5) is 0 Å². The molecule has 5 nitrogen and oxygen atoms in total. The zero-order valence-electron chi connectivity index (χ0n) is 12.9. The smallest absolute Gasteiger partial charge is 0.244 e. The lowest BCUT2D eigenvalue weighted by Crippen LogP contribution is -2.54. The van der Waals surface area contributed by atoms with Crippen LogP contribution in [0.1, 0.15) is 25.3 Å². The first kappa shape index (κ1) is 17.6. The molecule has 21 heavy (non-hydrogen) atoms. The van der Waals surface area contributed by atoms with Gasteiger partial charge in [-0.3, -0.25) is 4.79 Å². The SMILES string of the molecule is CCCCOCCOCC(NC)(C(N)=O)c1ccccc1. The number of hydrogen-bond acceptors (Lipinski definition) is 4. The molecule has 0 aliphatic carbocycles. The van der Waals surface area contributed by atoms with Crippen LogP contribution in [0.3, 0.4) is 0 Å². The third kappa shape index (κ3) is 5.12. The predicted molar refractivity (Wildman–Crippen MR) is 82.9 cm³/mol. The van der Waals surface area contributed by atoms with E-state index in [0.29, 0.717) is 13.2 Å². The molecule has 0 saturated heterocycles. The Kier molecular flexibility index (Phi) is 7.97. The van der Waals surface area contributed by atoms with Crippen LogP contribution in [-0.4, -0.2) is 39.4 Å². The monoisotopic (exact) mass is 294 g/mol. The molecule has 3 N–H and O–H groups in total. The Hall–Kier alpha value is -1.43. The summed E-state index contributed by atoms with van der Waals surface area (Å²) in [5, 5.41) is 3.00. The molecule has 0 fully saturated rings. The highest BCUT2D eigenvalue weighted by molar-refractivity contribution is 5.86. The maximum atomic E-state index is 11.9. The number of carbonyl (C=O) groups is 1. The largest absolute Gasteiger partial charge is 0.379 e. The number of benzene rings is 1. The molecule has 5 heteroatoms. The van der Waals surface area contributed by atoms with Gasteiger partial charge in [-0.25, -0.2) is 0 Å². The van der Waals surface area contributed by atoms with Crippen molar-refractivity contribution in [2.45, 2.75) is 25.3 Å². The van der Waals surface area contributed by atoms with Crippen molar-refractivity contribution in [1.82, 2.24) is 5.32 Å². The molecule has 0 bridgehead atoms. The highest BCUT2D eigenvalue weighted by atomic mass is 16.5. The first-order chi connectivity index (χ1) is 10.2. The van der Waals surface area contributed by atoms with Crippen molar-refractivity contribution >= 4 is 5.91 Å². The topological polar surface area (TPSA) is 73.6 Å². The number of rotatable bonds is 11. The first-order valence-corrected chi connectivity index (χ1v) is 7.37. The molecule has 1 atom stereocenters. The summed E-state index contributed by atoms with van der Waals surface area (Å²) in [5.41, 5.74) is 5.37. The fourth-order valence-corrected chi connectivity index (χ4v) is 2.05. The van der Waals surface area contributed by atoms with Crippen molar-refractivity contribution in [3.05, 3.63) is 35.9 Å². The number of ether oxygens (including phenoxy) is 2. The molecule has 0 saturated carbocycles. The number of amides is 1. The van der Waals surface area contributed by atoms with Gasteiger partial charge in [-0.05, 0) is 19.0 Å². The van der Waals surface area contributed by atoms with Crippen LogP contribution in [-0.2, 0) is 19.8 Å². The molecule has 1 aromatic rings. The minimum atomic E-state index is -1.01. The minimum Gasteiger partial charge on any atom is -0.379 e. The standard InChI is InChI=1S/C16H26N2O3/c1-3-4-10-20-11-12-21-13-16(18-2,15(17)19)14-8-6-5-7-9-14/h5-9,18H,3-4,10-13H2,1-2H3,(H2,17,19). The van der Waals surface area contributed by atoms with E-state index in [-0.39, 0.29) is 6.61 Å². The third-order valence-electron chi connectivity index (χ3n) is 3.45. The Labute approximate surface area is 126 Å². The Morgan fingerprint density at radius 1 is 1.19 bits per heavy atom. The van der Waals surface area contributed by atoms with Crippen LogP contribution in [0, 0.1) is 0 Å². The summed E-state index contributed by atoms with van der Waals surface area (Å²) in [6.45, 7) is 4.00. The van der Waals surface area contributed by atoms with Crippen LogP contribution < -0.4 is 11.1 Å². The summed E-state index contributed by atoms with van der Waals surface area (Å²) in [5.74, 6) is -0.455. The van der Waals surface area contributed by atoms with Crippen molar-refractivity contribution < 1.29 is 14.3 Å². The number of primary amides is 1. The molecule has 1 unspecified atom stereocenters. The molecule has 0 radical (unpaired) electrons. The third-order valence-corrected chi connectivity index (χ3v) is 3.45. The summed E-state index contributed by atoms with van der Waals surface area (Å²) in [4.78, 5) is 11.9. The van der Waals surface area contributed by atoms with Crippen molar-refractivity contribution in [2.75, 3.05) is 33.5 Å². The molecule has 118 valence electrons. The maximum absolute atomic E-state index is 11.9. The summed E-state index contributed by atoms with van der Waals surface area (Å²) >= 11 is 0. The molecule has 1 rings (SSSR count). The lowest BCUT2D eigenvalue weighted by atomic mass is 9.90. The molecule has 1 amide bonds. The van der Waals surface area contributed by atoms with Gasteiger partial charge in [0.15, 0.2) is 0 Å². The summed E-state index contributed by atoms with van der Waals surface area (Å²) in [6.07, 6.45) is 2.16. The van der Waals surface area contributed by atoms with E-state index in [1.54, 1.807) is 7.05 Å². The number of nitrogens with two attached hydrogens (primary N) is 1. The lowest BCUT2D eigenvalue weighted by molar-refractivity contribution is -0.127. The summed E-state index contributed by atoms with van der Waals surface area (Å²) in [6, 6.07) is 9.37. The van der Waals surface area contributed by atoms with E-state index in [9.17, 15) is 4.79 Å². The fourth-order valence-electron chi connectivity index (χ4n) is 2.05. The molecule has 0 aliphatic rings. The second-order valence-electron chi connectivity index (χ2n) is 4.90. The molecule has 0 spiro atoms. The second-order valence-corrected chi connectivity index (χ2v) is 4.90. The normalized spacial score (nSPS) is 13.8. The van der Waals surface area contributed by atoms with E-state index in [0.717, 1.165) is 25.0 Å². The maximum Gasteiger partial charge on any atom is 0.244 e. The van der Waals surface area contributed by atoms with Crippen molar-refractivity contribution in [1.29, 1.82) is 0 Å². The van der Waals surface area contributed by atoms with Crippen LogP contribution in [0.25, 0.3) is 0 Å². The van der Waals surface area contributed by atoms with Gasteiger partial charge in [0.05, 0.1) is 19.8 Å². The highest BCUT2D eigenvalue weighted by Gasteiger charge is 2.37. The molecular weight excluding hydrogens is 268 g/mol. The number of carbonyl (C=O) groups excluding carboxylic acids is 1. The van der Waals surface area contributed by atoms with Crippen molar-refractivity contribution in [3.8, 4) is 0 Å². The summed E-state index contributed by atoms with van der Waals surface area (Å²) < 4.78 is 11.0. The van der Waals surface area contributed by atoms with E-state index < -0.39 is 11.4 Å². The highest BCUT2D eigenvalue weighted by Crippen LogP contribution is 2.21. The van der Waals surface area contributed by atoms with Gasteiger partial charge in [0.25, 0.3) is 0 Å². The van der Waals surface area contributed by atoms with Gasteiger partial charge in [0.1, 0.15) is 5.54 Å². The van der Waals surface area contributed by atoms with Crippen LogP contribution >= 0.6 is 0 Å². The Bertz CT molecular complexity index is 411. The fraction of sp³-hybridized carbons (Fsp3) is 0.562. The first-order valence-electron chi connectivity index (χ1n) is 7.37. The Balaban J connectivity index is 2.54.